The molecular formula is C8H14N2O3S. The van der Waals surface area contributed by atoms with Crippen molar-refractivity contribution in [1.29, 1.82) is 0 Å². The second kappa shape index (κ2) is 7.37. The van der Waals surface area contributed by atoms with Crippen molar-refractivity contribution >= 4 is 30.2 Å². The van der Waals surface area contributed by atoms with Gasteiger partial charge in [-0.15, -0.1) is 0 Å². The van der Waals surface area contributed by atoms with E-state index in [1.54, 1.807) is 0 Å². The zero-order valence-corrected chi connectivity index (χ0v) is 8.89. The third kappa shape index (κ3) is 7.60. The molecule has 0 atom stereocenters. The van der Waals surface area contributed by atoms with Gasteiger partial charge >= 0.3 is 0 Å². The largest absolute Gasteiger partial charge is 0.354 e. The standard InChI is InChI=1S/C8H14N2O3S/c1-6(11)2-3-9-7(12)4-10-8(13)5-14/h14H,2-5H2,1H3,(H,9,12)(H,10,13). The van der Waals surface area contributed by atoms with Crippen LogP contribution < -0.4 is 10.6 Å². The summed E-state index contributed by atoms with van der Waals surface area (Å²) in [5, 5.41) is 4.85. The van der Waals surface area contributed by atoms with Gasteiger partial charge in [0, 0.05) is 13.0 Å². The fourth-order valence-corrected chi connectivity index (χ4v) is 0.787. The van der Waals surface area contributed by atoms with Crippen LogP contribution in [-0.2, 0) is 14.4 Å². The number of hydrogen-bond acceptors (Lipinski definition) is 4. The minimum Gasteiger partial charge on any atom is -0.354 e. The molecule has 0 rings (SSSR count). The van der Waals surface area contributed by atoms with E-state index in [4.69, 9.17) is 0 Å². The van der Waals surface area contributed by atoms with Crippen LogP contribution in [-0.4, -0.2) is 36.4 Å². The number of amides is 2. The van der Waals surface area contributed by atoms with Crippen molar-refractivity contribution in [1.82, 2.24) is 10.6 Å². The van der Waals surface area contributed by atoms with Gasteiger partial charge in [0.15, 0.2) is 0 Å². The number of thiol groups is 1. The van der Waals surface area contributed by atoms with Crippen LogP contribution >= 0.6 is 12.6 Å². The van der Waals surface area contributed by atoms with E-state index in [1.807, 2.05) is 0 Å². The number of ketones is 1. The van der Waals surface area contributed by atoms with E-state index in [2.05, 4.69) is 23.3 Å². The van der Waals surface area contributed by atoms with Gasteiger partial charge in [-0.05, 0) is 6.92 Å². The molecule has 0 aromatic rings. The Hall–Kier alpha value is -1.04. The second-order valence-electron chi connectivity index (χ2n) is 2.74. The first-order valence-corrected chi connectivity index (χ1v) is 4.83. The van der Waals surface area contributed by atoms with Gasteiger partial charge in [-0.3, -0.25) is 14.4 Å². The van der Waals surface area contributed by atoms with Gasteiger partial charge in [0.1, 0.15) is 5.78 Å². The first-order valence-electron chi connectivity index (χ1n) is 4.20. The predicted octanol–water partition coefficient (Wildman–Crippen LogP) is -0.872. The molecule has 0 spiro atoms. The monoisotopic (exact) mass is 218 g/mol. The highest BCUT2D eigenvalue weighted by molar-refractivity contribution is 7.81. The molecule has 6 heteroatoms. The van der Waals surface area contributed by atoms with Crippen LogP contribution in [0.4, 0.5) is 0 Å². The zero-order valence-electron chi connectivity index (χ0n) is 8.00. The van der Waals surface area contributed by atoms with Crippen molar-refractivity contribution in [2.24, 2.45) is 0 Å². The third-order valence-electron chi connectivity index (χ3n) is 1.39. The minimum absolute atomic E-state index is 0.0182. The Morgan fingerprint density at radius 2 is 1.79 bits per heavy atom. The van der Waals surface area contributed by atoms with Crippen LogP contribution in [0.2, 0.25) is 0 Å². The molecule has 80 valence electrons. The van der Waals surface area contributed by atoms with Crippen LogP contribution in [0, 0.1) is 0 Å². The Balaban J connectivity index is 3.46. The van der Waals surface area contributed by atoms with Crippen molar-refractivity contribution in [3.05, 3.63) is 0 Å². The molecule has 0 radical (unpaired) electrons. The molecule has 0 aromatic heterocycles. The lowest BCUT2D eigenvalue weighted by molar-refractivity contribution is -0.125. The van der Waals surface area contributed by atoms with Gasteiger partial charge in [0.2, 0.25) is 11.8 Å². The number of nitrogens with one attached hydrogen (secondary N) is 2. The number of rotatable bonds is 6. The maximum atomic E-state index is 11.0. The lowest BCUT2D eigenvalue weighted by atomic mass is 10.3. The van der Waals surface area contributed by atoms with Crippen molar-refractivity contribution in [3.8, 4) is 0 Å². The van der Waals surface area contributed by atoms with Crippen LogP contribution in [0.5, 0.6) is 0 Å². The second-order valence-corrected chi connectivity index (χ2v) is 3.05. The maximum Gasteiger partial charge on any atom is 0.239 e. The minimum atomic E-state index is -0.304. The summed E-state index contributed by atoms with van der Waals surface area (Å²) in [4.78, 5) is 32.2. The molecule has 0 heterocycles. The van der Waals surface area contributed by atoms with E-state index in [0.717, 1.165) is 0 Å². The predicted molar refractivity (Wildman–Crippen MR) is 55.2 cm³/mol. The first kappa shape index (κ1) is 13.0. The number of carbonyl (C=O) groups excluding carboxylic acids is 3. The van der Waals surface area contributed by atoms with Crippen LogP contribution in [0.25, 0.3) is 0 Å². The van der Waals surface area contributed by atoms with E-state index >= 15 is 0 Å². The third-order valence-corrected chi connectivity index (χ3v) is 1.68. The van der Waals surface area contributed by atoms with Gasteiger partial charge in [-0.25, -0.2) is 0 Å². The normalized spacial score (nSPS) is 9.29. The molecule has 0 saturated heterocycles. The fourth-order valence-electron chi connectivity index (χ4n) is 0.675. The molecule has 14 heavy (non-hydrogen) atoms. The van der Waals surface area contributed by atoms with E-state index in [-0.39, 0.29) is 29.9 Å². The Kier molecular flexibility index (Phi) is 6.82. The molecule has 0 fully saturated rings. The molecular weight excluding hydrogens is 204 g/mol. The smallest absolute Gasteiger partial charge is 0.239 e. The SMILES string of the molecule is CC(=O)CCNC(=O)CNC(=O)CS. The number of Topliss-reactive ketones (excluding diaryl/α,β-unsaturated/α-hetero) is 1. The summed E-state index contributed by atoms with van der Waals surface area (Å²) in [7, 11) is 0. The fraction of sp³-hybridized carbons (Fsp3) is 0.625. The quantitative estimate of drug-likeness (QED) is 0.507. The van der Waals surface area contributed by atoms with Gasteiger partial charge in [-0.2, -0.15) is 12.6 Å². The van der Waals surface area contributed by atoms with E-state index in [9.17, 15) is 14.4 Å². The Bertz CT molecular complexity index is 231. The lowest BCUT2D eigenvalue weighted by Gasteiger charge is -2.04. The topological polar surface area (TPSA) is 75.3 Å². The highest BCUT2D eigenvalue weighted by atomic mass is 32.1. The summed E-state index contributed by atoms with van der Waals surface area (Å²) < 4.78 is 0. The molecule has 0 aliphatic rings. The molecule has 0 saturated carbocycles. The van der Waals surface area contributed by atoms with E-state index in [0.29, 0.717) is 13.0 Å². The molecule has 0 bridgehead atoms. The Morgan fingerprint density at radius 1 is 1.14 bits per heavy atom. The Labute approximate surface area is 88.0 Å². The summed E-state index contributed by atoms with van der Waals surface area (Å²) in [6.07, 6.45) is 0.312. The van der Waals surface area contributed by atoms with Gasteiger partial charge in [0.05, 0.1) is 12.3 Å². The van der Waals surface area contributed by atoms with Gasteiger partial charge in [0.25, 0.3) is 0 Å². The lowest BCUT2D eigenvalue weighted by Crippen LogP contribution is -2.38. The highest BCUT2D eigenvalue weighted by Gasteiger charge is 2.03. The summed E-state index contributed by atoms with van der Waals surface area (Å²) in [5.41, 5.74) is 0. The summed E-state index contributed by atoms with van der Waals surface area (Å²) in [6, 6.07) is 0. The average Bonchev–Trinajstić information content (AvgIpc) is 2.13. The first-order chi connectivity index (χ1) is 6.56. The maximum absolute atomic E-state index is 11.0. The molecule has 2 N–H and O–H groups in total. The van der Waals surface area contributed by atoms with E-state index < -0.39 is 0 Å². The van der Waals surface area contributed by atoms with Crippen molar-refractivity contribution in [2.75, 3.05) is 18.8 Å². The zero-order chi connectivity index (χ0) is 11.0. The van der Waals surface area contributed by atoms with Crippen LogP contribution in [0.3, 0.4) is 0 Å². The number of hydrogen-bond donors (Lipinski definition) is 3. The molecule has 0 aromatic carbocycles. The number of carbonyl (C=O) groups is 3. The average molecular weight is 218 g/mol. The van der Waals surface area contributed by atoms with E-state index in [1.165, 1.54) is 6.92 Å². The Morgan fingerprint density at radius 3 is 2.29 bits per heavy atom. The van der Waals surface area contributed by atoms with Gasteiger partial charge in [-0.1, -0.05) is 0 Å². The van der Waals surface area contributed by atoms with Crippen molar-refractivity contribution in [3.63, 3.8) is 0 Å². The van der Waals surface area contributed by atoms with Gasteiger partial charge < -0.3 is 10.6 Å². The summed E-state index contributed by atoms with van der Waals surface area (Å²) in [6.45, 7) is 1.69. The molecule has 5 nitrogen and oxygen atoms in total. The summed E-state index contributed by atoms with van der Waals surface area (Å²) >= 11 is 3.73. The molecule has 0 unspecified atom stereocenters. The van der Waals surface area contributed by atoms with Crippen LogP contribution in [0.1, 0.15) is 13.3 Å². The van der Waals surface area contributed by atoms with Crippen molar-refractivity contribution in [2.45, 2.75) is 13.3 Å². The summed E-state index contributed by atoms with van der Waals surface area (Å²) in [5.74, 6) is -0.526. The molecule has 2 amide bonds. The van der Waals surface area contributed by atoms with Crippen LogP contribution in [0.15, 0.2) is 0 Å². The van der Waals surface area contributed by atoms with Crippen molar-refractivity contribution < 1.29 is 14.4 Å². The molecule has 0 aliphatic heterocycles. The molecule has 0 aliphatic carbocycles. The highest BCUT2D eigenvalue weighted by Crippen LogP contribution is 1.78.